The number of hydrogen-bond donors (Lipinski definition) is 0. The van der Waals surface area contributed by atoms with Crippen molar-refractivity contribution in [2.75, 3.05) is 0 Å². The van der Waals surface area contributed by atoms with Crippen LogP contribution in [0.1, 0.15) is 20.8 Å². The first-order valence-electron chi connectivity index (χ1n) is 4.12. The molecule has 1 heteroatoms. The average molecular weight is 149 g/mol. The molecule has 1 aliphatic heterocycles. The van der Waals surface area contributed by atoms with Crippen LogP contribution in [0.3, 0.4) is 0 Å². The van der Waals surface area contributed by atoms with E-state index in [1.54, 1.807) is 0 Å². The Bertz CT molecular complexity index is 209. The van der Waals surface area contributed by atoms with Gasteiger partial charge in [-0.2, -0.15) is 0 Å². The van der Waals surface area contributed by atoms with Gasteiger partial charge >= 0.3 is 0 Å². The minimum absolute atomic E-state index is 0.523. The third-order valence-electron chi connectivity index (χ3n) is 1.78. The van der Waals surface area contributed by atoms with Crippen LogP contribution < -0.4 is 0 Å². The number of aliphatic imine (C=N–C) groups is 1. The summed E-state index contributed by atoms with van der Waals surface area (Å²) in [5.74, 6) is 1.05. The van der Waals surface area contributed by atoms with Crippen molar-refractivity contribution >= 4 is 5.71 Å². The molecule has 60 valence electrons. The van der Waals surface area contributed by atoms with Crippen molar-refractivity contribution in [3.63, 3.8) is 0 Å². The van der Waals surface area contributed by atoms with Crippen LogP contribution >= 0.6 is 0 Å². The van der Waals surface area contributed by atoms with Crippen molar-refractivity contribution in [1.29, 1.82) is 0 Å². The van der Waals surface area contributed by atoms with E-state index in [-0.39, 0.29) is 0 Å². The molecule has 0 N–H and O–H groups in total. The second kappa shape index (κ2) is 3.51. The van der Waals surface area contributed by atoms with E-state index < -0.39 is 0 Å². The second-order valence-corrected chi connectivity index (χ2v) is 3.27. The molecule has 1 unspecified atom stereocenters. The molecule has 1 atom stereocenters. The molecule has 1 nitrogen and oxygen atoms in total. The van der Waals surface area contributed by atoms with Gasteiger partial charge in [0.2, 0.25) is 0 Å². The van der Waals surface area contributed by atoms with Crippen LogP contribution in [0.15, 0.2) is 29.4 Å². The van der Waals surface area contributed by atoms with E-state index in [2.05, 4.69) is 44.0 Å². The lowest BCUT2D eigenvalue weighted by Crippen LogP contribution is -2.02. The summed E-state index contributed by atoms with van der Waals surface area (Å²) >= 11 is 0. The average Bonchev–Trinajstić information content (AvgIpc) is 2.13. The van der Waals surface area contributed by atoms with E-state index in [4.69, 9.17) is 0 Å². The predicted molar refractivity (Wildman–Crippen MR) is 49.7 cm³/mol. The topological polar surface area (TPSA) is 12.4 Å². The van der Waals surface area contributed by atoms with Crippen molar-refractivity contribution in [3.8, 4) is 0 Å². The van der Waals surface area contributed by atoms with Crippen molar-refractivity contribution in [2.45, 2.75) is 20.8 Å². The van der Waals surface area contributed by atoms with E-state index in [9.17, 15) is 0 Å². The molecular weight excluding hydrogens is 134 g/mol. The molecule has 0 bridgehead atoms. The number of hydrogen-bond acceptors (Lipinski definition) is 1. The molecule has 0 aromatic rings. The van der Waals surface area contributed by atoms with E-state index >= 15 is 0 Å². The molecule has 1 heterocycles. The van der Waals surface area contributed by atoms with E-state index in [0.29, 0.717) is 11.8 Å². The highest BCUT2D eigenvalue weighted by Crippen LogP contribution is 2.08. The molecule has 0 aromatic heterocycles. The Kier molecular flexibility index (Phi) is 2.64. The van der Waals surface area contributed by atoms with Gasteiger partial charge in [-0.3, -0.25) is 4.99 Å². The Morgan fingerprint density at radius 1 is 1.36 bits per heavy atom. The fourth-order valence-electron chi connectivity index (χ4n) is 0.964. The largest absolute Gasteiger partial charge is 0.261 e. The number of nitrogens with zero attached hydrogens (tertiary/aromatic N) is 1. The predicted octanol–water partition coefficient (Wildman–Crippen LogP) is 2.80. The Morgan fingerprint density at radius 2 is 2.09 bits per heavy atom. The second-order valence-electron chi connectivity index (χ2n) is 3.27. The molecule has 0 saturated heterocycles. The van der Waals surface area contributed by atoms with Crippen LogP contribution in [0, 0.1) is 11.8 Å². The highest BCUT2D eigenvalue weighted by molar-refractivity contribution is 5.97. The summed E-state index contributed by atoms with van der Waals surface area (Å²) in [5, 5.41) is 0. The normalized spacial score (nSPS) is 23.6. The summed E-state index contributed by atoms with van der Waals surface area (Å²) in [6.45, 7) is 6.48. The fraction of sp³-hybridized carbons (Fsp3) is 0.500. The monoisotopic (exact) mass is 149 g/mol. The number of allylic oxidation sites excluding steroid dienone is 3. The summed E-state index contributed by atoms with van der Waals surface area (Å²) < 4.78 is 0. The van der Waals surface area contributed by atoms with Crippen molar-refractivity contribution in [3.05, 3.63) is 24.4 Å². The third-order valence-corrected chi connectivity index (χ3v) is 1.78. The smallest absolute Gasteiger partial charge is 0.0425 e. The van der Waals surface area contributed by atoms with Gasteiger partial charge in [-0.25, -0.2) is 0 Å². The minimum Gasteiger partial charge on any atom is -0.261 e. The highest BCUT2D eigenvalue weighted by atomic mass is 14.7. The maximum Gasteiger partial charge on any atom is 0.0425 e. The Hall–Kier alpha value is -0.850. The lowest BCUT2D eigenvalue weighted by molar-refractivity contribution is 0.888. The molecule has 0 amide bonds. The van der Waals surface area contributed by atoms with Crippen LogP contribution in [0.4, 0.5) is 0 Å². The van der Waals surface area contributed by atoms with Gasteiger partial charge in [0.05, 0.1) is 0 Å². The zero-order chi connectivity index (χ0) is 8.27. The van der Waals surface area contributed by atoms with Crippen LogP contribution in [0.5, 0.6) is 0 Å². The maximum atomic E-state index is 4.32. The lowest BCUT2D eigenvalue weighted by Gasteiger charge is -2.01. The third kappa shape index (κ3) is 2.34. The summed E-state index contributed by atoms with van der Waals surface area (Å²) in [6, 6.07) is 0. The van der Waals surface area contributed by atoms with Gasteiger partial charge in [-0.15, -0.1) is 0 Å². The first-order chi connectivity index (χ1) is 5.20. The lowest BCUT2D eigenvalue weighted by atomic mass is 10.1. The van der Waals surface area contributed by atoms with Gasteiger partial charge in [0, 0.05) is 11.9 Å². The van der Waals surface area contributed by atoms with Gasteiger partial charge in [0.1, 0.15) is 0 Å². The van der Waals surface area contributed by atoms with E-state index in [0.717, 1.165) is 0 Å². The zero-order valence-electron chi connectivity index (χ0n) is 7.41. The quantitative estimate of drug-likeness (QED) is 0.543. The molecule has 1 rings (SSSR count). The van der Waals surface area contributed by atoms with Crippen LogP contribution in [0.25, 0.3) is 0 Å². The summed E-state index contributed by atoms with van der Waals surface area (Å²) in [6.07, 6.45) is 8.31. The summed E-state index contributed by atoms with van der Waals surface area (Å²) in [5.41, 5.74) is 1.17. The molecule has 0 fully saturated rings. The Labute approximate surface area is 68.5 Å². The van der Waals surface area contributed by atoms with E-state index in [1.165, 1.54) is 5.71 Å². The van der Waals surface area contributed by atoms with Crippen LogP contribution in [0.2, 0.25) is 0 Å². The van der Waals surface area contributed by atoms with Crippen molar-refractivity contribution in [1.82, 2.24) is 0 Å². The van der Waals surface area contributed by atoms with Crippen molar-refractivity contribution in [2.24, 2.45) is 16.8 Å². The fourth-order valence-corrected chi connectivity index (χ4v) is 0.964. The molecule has 0 aromatic carbocycles. The molecule has 11 heavy (non-hydrogen) atoms. The van der Waals surface area contributed by atoms with Gasteiger partial charge in [-0.05, 0) is 17.9 Å². The van der Waals surface area contributed by atoms with Gasteiger partial charge in [-0.1, -0.05) is 32.9 Å². The summed E-state index contributed by atoms with van der Waals surface area (Å²) in [7, 11) is 0. The van der Waals surface area contributed by atoms with Crippen molar-refractivity contribution < 1.29 is 0 Å². The minimum atomic E-state index is 0.523. The standard InChI is InChI=1S/C10H15N/c1-8(2)10-5-4-9(3)6-7-11-10/h4-9H,1-3H3. The molecule has 0 saturated carbocycles. The van der Waals surface area contributed by atoms with E-state index in [1.807, 2.05) is 6.20 Å². The first kappa shape index (κ1) is 8.25. The molecule has 0 spiro atoms. The van der Waals surface area contributed by atoms with Crippen LogP contribution in [-0.4, -0.2) is 5.71 Å². The first-order valence-corrected chi connectivity index (χ1v) is 4.12. The Morgan fingerprint density at radius 3 is 2.73 bits per heavy atom. The SMILES string of the molecule is CC1C=CN=C(C(C)C)C=C1. The highest BCUT2D eigenvalue weighted by Gasteiger charge is 2.02. The maximum absolute atomic E-state index is 4.32. The van der Waals surface area contributed by atoms with Gasteiger partial charge in [0.25, 0.3) is 0 Å². The van der Waals surface area contributed by atoms with Crippen LogP contribution in [-0.2, 0) is 0 Å². The summed E-state index contributed by atoms with van der Waals surface area (Å²) in [4.78, 5) is 4.32. The molecule has 0 radical (unpaired) electrons. The van der Waals surface area contributed by atoms with Gasteiger partial charge < -0.3 is 0 Å². The zero-order valence-corrected chi connectivity index (χ0v) is 7.41. The molecular formula is C10H15N. The van der Waals surface area contributed by atoms with Gasteiger partial charge in [0.15, 0.2) is 0 Å². The molecule has 1 aliphatic rings. The Balaban J connectivity index is 2.76. The number of rotatable bonds is 1. The molecule has 0 aliphatic carbocycles.